The normalized spacial score (nSPS) is 15.9. The minimum Gasteiger partial charge on any atom is -0.324 e. The van der Waals surface area contributed by atoms with Gasteiger partial charge in [0, 0.05) is 49.0 Å². The van der Waals surface area contributed by atoms with Crippen LogP contribution in [0.2, 0.25) is 5.02 Å². The average molecular weight is 474 g/mol. The molecule has 0 radical (unpaired) electrons. The third-order valence-electron chi connectivity index (χ3n) is 5.74. The van der Waals surface area contributed by atoms with Crippen molar-refractivity contribution < 1.29 is 18.0 Å². The standard InChI is InChI=1S/C25H23ClF3N3O/c26-22-5-2-6-23(29)21(22)16-31-11-13-32(14-12-31)24(17-3-1-4-19(28)15-17)25(33)30-20-9-7-18(27)8-10-20/h1-10,15,24H,11-14,16H2,(H,30,33). The fourth-order valence-corrected chi connectivity index (χ4v) is 4.26. The molecule has 1 aliphatic heterocycles. The molecule has 0 bridgehead atoms. The van der Waals surface area contributed by atoms with Gasteiger partial charge in [-0.1, -0.05) is 29.8 Å². The van der Waals surface area contributed by atoms with Crippen LogP contribution in [-0.2, 0) is 11.3 Å². The van der Waals surface area contributed by atoms with Crippen LogP contribution in [0.15, 0.2) is 66.7 Å². The molecule has 1 saturated heterocycles. The largest absolute Gasteiger partial charge is 0.324 e. The van der Waals surface area contributed by atoms with E-state index in [4.69, 9.17) is 11.6 Å². The highest BCUT2D eigenvalue weighted by molar-refractivity contribution is 6.31. The van der Waals surface area contributed by atoms with Crippen LogP contribution in [-0.4, -0.2) is 41.9 Å². The fraction of sp³-hybridized carbons (Fsp3) is 0.240. The number of anilines is 1. The molecule has 8 heteroatoms. The first-order chi connectivity index (χ1) is 15.9. The summed E-state index contributed by atoms with van der Waals surface area (Å²) in [6.07, 6.45) is 0. The van der Waals surface area contributed by atoms with E-state index in [1.54, 1.807) is 24.3 Å². The van der Waals surface area contributed by atoms with Gasteiger partial charge in [-0.15, -0.1) is 0 Å². The van der Waals surface area contributed by atoms with Crippen LogP contribution in [0.5, 0.6) is 0 Å². The first-order valence-electron chi connectivity index (χ1n) is 10.6. The first kappa shape index (κ1) is 23.3. The van der Waals surface area contributed by atoms with Crippen molar-refractivity contribution in [3.63, 3.8) is 0 Å². The van der Waals surface area contributed by atoms with E-state index in [0.29, 0.717) is 54.6 Å². The van der Waals surface area contributed by atoms with E-state index in [0.717, 1.165) is 0 Å². The van der Waals surface area contributed by atoms with Crippen molar-refractivity contribution in [1.82, 2.24) is 9.80 Å². The van der Waals surface area contributed by atoms with Crippen molar-refractivity contribution in [3.05, 3.63) is 100 Å². The zero-order valence-electron chi connectivity index (χ0n) is 17.8. The highest BCUT2D eigenvalue weighted by Gasteiger charge is 2.31. The number of rotatable bonds is 6. The van der Waals surface area contributed by atoms with Crippen molar-refractivity contribution >= 4 is 23.2 Å². The van der Waals surface area contributed by atoms with Crippen molar-refractivity contribution in [2.24, 2.45) is 0 Å². The number of halogens is 4. The Hall–Kier alpha value is -2.87. The van der Waals surface area contributed by atoms with Gasteiger partial charge in [0.25, 0.3) is 0 Å². The topological polar surface area (TPSA) is 35.6 Å². The zero-order valence-corrected chi connectivity index (χ0v) is 18.5. The van der Waals surface area contributed by atoms with Gasteiger partial charge in [-0.3, -0.25) is 14.6 Å². The quantitative estimate of drug-likeness (QED) is 0.531. The summed E-state index contributed by atoms with van der Waals surface area (Å²) >= 11 is 6.16. The van der Waals surface area contributed by atoms with Gasteiger partial charge in [0.15, 0.2) is 0 Å². The van der Waals surface area contributed by atoms with Crippen LogP contribution in [0.3, 0.4) is 0 Å². The average Bonchev–Trinajstić information content (AvgIpc) is 2.79. The molecule has 1 fully saturated rings. The lowest BCUT2D eigenvalue weighted by atomic mass is 10.0. The van der Waals surface area contributed by atoms with Gasteiger partial charge in [-0.2, -0.15) is 0 Å². The lowest BCUT2D eigenvalue weighted by molar-refractivity contribution is -0.122. The molecule has 4 nitrogen and oxygen atoms in total. The van der Waals surface area contributed by atoms with Crippen LogP contribution in [0, 0.1) is 17.5 Å². The van der Waals surface area contributed by atoms with E-state index in [1.165, 1.54) is 42.5 Å². The molecule has 3 aromatic carbocycles. The number of amides is 1. The molecule has 172 valence electrons. The molecule has 1 heterocycles. The van der Waals surface area contributed by atoms with Crippen molar-refractivity contribution in [3.8, 4) is 0 Å². The Morgan fingerprint density at radius 3 is 2.27 bits per heavy atom. The van der Waals surface area contributed by atoms with Crippen LogP contribution in [0.1, 0.15) is 17.2 Å². The Kier molecular flexibility index (Phi) is 7.33. The van der Waals surface area contributed by atoms with Gasteiger partial charge in [0.05, 0.1) is 0 Å². The van der Waals surface area contributed by atoms with Crippen LogP contribution >= 0.6 is 11.6 Å². The second-order valence-electron chi connectivity index (χ2n) is 7.97. The minimum atomic E-state index is -0.732. The smallest absolute Gasteiger partial charge is 0.246 e. The van der Waals surface area contributed by atoms with Gasteiger partial charge in [0.1, 0.15) is 23.5 Å². The molecule has 0 saturated carbocycles. The summed E-state index contributed by atoms with van der Waals surface area (Å²) in [5.74, 6) is -1.51. The van der Waals surface area contributed by atoms with Gasteiger partial charge in [-0.25, -0.2) is 13.2 Å². The fourth-order valence-electron chi connectivity index (χ4n) is 4.04. The first-order valence-corrected chi connectivity index (χ1v) is 11.0. The molecule has 0 aromatic heterocycles. The van der Waals surface area contributed by atoms with Crippen molar-refractivity contribution in [2.45, 2.75) is 12.6 Å². The Morgan fingerprint density at radius 2 is 1.61 bits per heavy atom. The number of hydrogen-bond acceptors (Lipinski definition) is 3. The maximum Gasteiger partial charge on any atom is 0.246 e. The number of carbonyl (C=O) groups is 1. The highest BCUT2D eigenvalue weighted by atomic mass is 35.5. The number of nitrogens with one attached hydrogen (secondary N) is 1. The Labute approximate surface area is 195 Å². The van der Waals surface area contributed by atoms with Gasteiger partial charge in [0.2, 0.25) is 5.91 Å². The van der Waals surface area contributed by atoms with Crippen LogP contribution in [0.4, 0.5) is 18.9 Å². The van der Waals surface area contributed by atoms with E-state index in [-0.39, 0.29) is 11.7 Å². The van der Waals surface area contributed by atoms with Gasteiger partial charge >= 0.3 is 0 Å². The maximum atomic E-state index is 14.2. The summed E-state index contributed by atoms with van der Waals surface area (Å²) < 4.78 is 41.4. The molecule has 0 aliphatic carbocycles. The Morgan fingerprint density at radius 1 is 0.909 bits per heavy atom. The highest BCUT2D eigenvalue weighted by Crippen LogP contribution is 2.27. The molecular formula is C25H23ClF3N3O. The van der Waals surface area contributed by atoms with Gasteiger partial charge < -0.3 is 5.32 Å². The number of benzene rings is 3. The number of nitrogens with zero attached hydrogens (tertiary/aromatic N) is 2. The van der Waals surface area contributed by atoms with Crippen LogP contribution < -0.4 is 5.32 Å². The minimum absolute atomic E-state index is 0.335. The predicted molar refractivity (Wildman–Crippen MR) is 122 cm³/mol. The summed E-state index contributed by atoms with van der Waals surface area (Å²) in [5.41, 5.74) is 1.43. The molecule has 1 aliphatic rings. The molecule has 1 atom stereocenters. The third-order valence-corrected chi connectivity index (χ3v) is 6.09. The maximum absolute atomic E-state index is 14.2. The molecule has 33 heavy (non-hydrogen) atoms. The Bertz CT molecular complexity index is 1100. The summed E-state index contributed by atoms with van der Waals surface area (Å²) in [6.45, 7) is 2.57. The summed E-state index contributed by atoms with van der Waals surface area (Å²) in [4.78, 5) is 17.3. The zero-order chi connectivity index (χ0) is 23.4. The molecule has 1 unspecified atom stereocenters. The number of piperazine rings is 1. The molecule has 4 rings (SSSR count). The lowest BCUT2D eigenvalue weighted by Gasteiger charge is -2.39. The molecular weight excluding hydrogens is 451 g/mol. The molecule has 1 N–H and O–H groups in total. The molecule has 1 amide bonds. The number of hydrogen-bond donors (Lipinski definition) is 1. The Balaban J connectivity index is 1.49. The van der Waals surface area contributed by atoms with E-state index in [2.05, 4.69) is 10.2 Å². The number of carbonyl (C=O) groups excluding carboxylic acids is 1. The monoisotopic (exact) mass is 473 g/mol. The SMILES string of the molecule is O=C(Nc1ccc(F)cc1)C(c1cccc(F)c1)N1CCN(Cc2c(F)cccc2Cl)CC1. The predicted octanol–water partition coefficient (Wildman–Crippen LogP) is 5.25. The van der Waals surface area contributed by atoms with E-state index >= 15 is 0 Å². The second kappa shape index (κ2) is 10.4. The van der Waals surface area contributed by atoms with Crippen molar-refractivity contribution in [1.29, 1.82) is 0 Å². The third kappa shape index (κ3) is 5.74. The van der Waals surface area contributed by atoms with E-state index < -0.39 is 17.7 Å². The summed E-state index contributed by atoms with van der Waals surface area (Å²) in [5, 5.41) is 3.18. The molecule has 3 aromatic rings. The lowest BCUT2D eigenvalue weighted by Crippen LogP contribution is -2.49. The van der Waals surface area contributed by atoms with E-state index in [9.17, 15) is 18.0 Å². The summed E-state index contributed by atoms with van der Waals surface area (Å²) in [7, 11) is 0. The molecule has 0 spiro atoms. The van der Waals surface area contributed by atoms with Crippen LogP contribution in [0.25, 0.3) is 0 Å². The van der Waals surface area contributed by atoms with Crippen molar-refractivity contribution in [2.75, 3.05) is 31.5 Å². The second-order valence-corrected chi connectivity index (χ2v) is 8.37. The summed E-state index contributed by atoms with van der Waals surface area (Å²) in [6, 6.07) is 15.3. The van der Waals surface area contributed by atoms with Gasteiger partial charge in [-0.05, 0) is 54.1 Å². The van der Waals surface area contributed by atoms with E-state index in [1.807, 2.05) is 4.90 Å².